The highest BCUT2D eigenvalue weighted by Crippen LogP contribution is 2.22. The third kappa shape index (κ3) is 3.25. The number of carbonyl (C=O) groups is 1. The summed E-state index contributed by atoms with van der Waals surface area (Å²) in [5.74, 6) is -0.0238. The molecule has 116 valence electrons. The van der Waals surface area contributed by atoms with Gasteiger partial charge in [0.25, 0.3) is 5.91 Å². The van der Waals surface area contributed by atoms with E-state index in [1.54, 1.807) is 19.1 Å². The van der Waals surface area contributed by atoms with Gasteiger partial charge in [0.1, 0.15) is 0 Å². The maximum absolute atomic E-state index is 12.6. The fourth-order valence-corrected chi connectivity index (χ4v) is 2.61. The third-order valence-corrected chi connectivity index (χ3v) is 3.94. The lowest BCUT2D eigenvalue weighted by atomic mass is 10.1. The highest BCUT2D eigenvalue weighted by molar-refractivity contribution is 6.06. The van der Waals surface area contributed by atoms with Crippen LogP contribution in [-0.4, -0.2) is 20.1 Å². The minimum Gasteiger partial charge on any atom is -0.380 e. The number of carbonyl (C=O) groups excluding carboxylic acids is 1. The van der Waals surface area contributed by atoms with Gasteiger partial charge in [-0.25, -0.2) is 0 Å². The van der Waals surface area contributed by atoms with E-state index in [0.29, 0.717) is 12.2 Å². The van der Waals surface area contributed by atoms with Crippen molar-refractivity contribution in [3.8, 4) is 0 Å². The molecule has 3 rings (SSSR count). The number of methoxy groups -OCH3 is 1. The molecule has 0 aliphatic carbocycles. The molecule has 0 aliphatic heterocycles. The van der Waals surface area contributed by atoms with Gasteiger partial charge in [-0.3, -0.25) is 4.79 Å². The predicted molar refractivity (Wildman–Crippen MR) is 93.8 cm³/mol. The molecule has 3 nitrogen and oxygen atoms in total. The quantitative estimate of drug-likeness (QED) is 0.720. The van der Waals surface area contributed by atoms with E-state index >= 15 is 0 Å². The van der Waals surface area contributed by atoms with Gasteiger partial charge in [-0.2, -0.15) is 0 Å². The molecule has 0 bridgehead atoms. The van der Waals surface area contributed by atoms with Gasteiger partial charge >= 0.3 is 0 Å². The fourth-order valence-electron chi connectivity index (χ4n) is 2.61. The summed E-state index contributed by atoms with van der Waals surface area (Å²) in [5.41, 5.74) is 2.60. The van der Waals surface area contributed by atoms with Crippen LogP contribution in [0, 0.1) is 0 Å². The second kappa shape index (κ2) is 6.63. The third-order valence-electron chi connectivity index (χ3n) is 3.94. The van der Waals surface area contributed by atoms with Crippen molar-refractivity contribution in [3.63, 3.8) is 0 Å². The van der Waals surface area contributed by atoms with Crippen molar-refractivity contribution in [1.29, 1.82) is 0 Å². The Morgan fingerprint density at radius 3 is 2.35 bits per heavy atom. The molecule has 0 saturated heterocycles. The predicted octanol–water partition coefficient (Wildman–Crippen LogP) is 4.26. The molecule has 23 heavy (non-hydrogen) atoms. The molecule has 1 amide bonds. The number of nitrogens with zero attached hydrogens (tertiary/aromatic N) is 1. The van der Waals surface area contributed by atoms with Crippen LogP contribution in [0.3, 0.4) is 0 Å². The van der Waals surface area contributed by atoms with E-state index in [1.807, 2.05) is 54.6 Å². The van der Waals surface area contributed by atoms with Crippen LogP contribution in [0.2, 0.25) is 0 Å². The number of hydrogen-bond donors (Lipinski definition) is 0. The van der Waals surface area contributed by atoms with Crippen LogP contribution < -0.4 is 4.90 Å². The number of ether oxygens (including phenoxy) is 1. The van der Waals surface area contributed by atoms with Crippen molar-refractivity contribution < 1.29 is 9.53 Å². The van der Waals surface area contributed by atoms with Crippen LogP contribution >= 0.6 is 0 Å². The van der Waals surface area contributed by atoms with Crippen LogP contribution in [0.5, 0.6) is 0 Å². The Morgan fingerprint density at radius 1 is 0.957 bits per heavy atom. The second-order valence-corrected chi connectivity index (χ2v) is 5.53. The largest absolute Gasteiger partial charge is 0.380 e. The molecular weight excluding hydrogens is 286 g/mol. The van der Waals surface area contributed by atoms with Crippen LogP contribution in [0.25, 0.3) is 10.8 Å². The van der Waals surface area contributed by atoms with Crippen molar-refractivity contribution in [3.05, 3.63) is 77.9 Å². The molecular formula is C20H19NO2. The Balaban J connectivity index is 1.85. The Morgan fingerprint density at radius 2 is 1.65 bits per heavy atom. The van der Waals surface area contributed by atoms with Crippen LogP contribution in [0.4, 0.5) is 5.69 Å². The summed E-state index contributed by atoms with van der Waals surface area (Å²) in [4.78, 5) is 14.3. The summed E-state index contributed by atoms with van der Waals surface area (Å²) in [6.07, 6.45) is 0. The highest BCUT2D eigenvalue weighted by Gasteiger charge is 2.13. The SMILES string of the molecule is COCc1ccc(C(=O)N(C)c2ccc3ccccc3c2)cc1. The van der Waals surface area contributed by atoms with E-state index in [2.05, 4.69) is 12.1 Å². The maximum atomic E-state index is 12.6. The number of hydrogen-bond acceptors (Lipinski definition) is 2. The fraction of sp³-hybridized carbons (Fsp3) is 0.150. The molecule has 0 N–H and O–H groups in total. The summed E-state index contributed by atoms with van der Waals surface area (Å²) in [7, 11) is 3.46. The van der Waals surface area contributed by atoms with Crippen molar-refractivity contribution in [2.45, 2.75) is 6.61 Å². The van der Waals surface area contributed by atoms with Gasteiger partial charge in [0.05, 0.1) is 6.61 Å². The van der Waals surface area contributed by atoms with Gasteiger partial charge in [-0.15, -0.1) is 0 Å². The molecule has 0 unspecified atom stereocenters. The summed E-state index contributed by atoms with van der Waals surface area (Å²) >= 11 is 0. The first-order valence-electron chi connectivity index (χ1n) is 7.54. The molecule has 0 spiro atoms. The highest BCUT2D eigenvalue weighted by atomic mass is 16.5. The Hall–Kier alpha value is -2.65. The van der Waals surface area contributed by atoms with Crippen LogP contribution in [0.1, 0.15) is 15.9 Å². The van der Waals surface area contributed by atoms with Gasteiger partial charge in [0.15, 0.2) is 0 Å². The van der Waals surface area contributed by atoms with E-state index in [9.17, 15) is 4.79 Å². The molecule has 0 aliphatic rings. The van der Waals surface area contributed by atoms with Gasteiger partial charge in [-0.1, -0.05) is 42.5 Å². The minimum absolute atomic E-state index is 0.0238. The zero-order chi connectivity index (χ0) is 16.2. The number of anilines is 1. The maximum Gasteiger partial charge on any atom is 0.258 e. The van der Waals surface area contributed by atoms with Gasteiger partial charge in [0.2, 0.25) is 0 Å². The van der Waals surface area contributed by atoms with Gasteiger partial charge in [0, 0.05) is 25.4 Å². The molecule has 0 aromatic heterocycles. The monoisotopic (exact) mass is 305 g/mol. The smallest absolute Gasteiger partial charge is 0.258 e. The Kier molecular flexibility index (Phi) is 4.40. The lowest BCUT2D eigenvalue weighted by molar-refractivity contribution is 0.0993. The van der Waals surface area contributed by atoms with Gasteiger partial charge in [-0.05, 0) is 40.6 Å². The summed E-state index contributed by atoms with van der Waals surface area (Å²) < 4.78 is 5.09. The molecule has 3 aromatic carbocycles. The van der Waals surface area contributed by atoms with E-state index in [-0.39, 0.29) is 5.91 Å². The minimum atomic E-state index is -0.0238. The molecule has 3 heteroatoms. The zero-order valence-electron chi connectivity index (χ0n) is 13.3. The molecule has 0 atom stereocenters. The van der Waals surface area contributed by atoms with Crippen molar-refractivity contribution in [2.75, 3.05) is 19.1 Å². The number of fused-ring (bicyclic) bond motifs is 1. The molecule has 0 fully saturated rings. The standard InChI is InChI=1S/C20H19NO2/c1-21(19-12-11-16-5-3-4-6-18(16)13-19)20(22)17-9-7-15(8-10-17)14-23-2/h3-13H,14H2,1-2H3. The molecule has 3 aromatic rings. The Labute approximate surface area is 136 Å². The van der Waals surface area contributed by atoms with Crippen molar-refractivity contribution >= 4 is 22.4 Å². The molecule has 0 radical (unpaired) electrons. The normalized spacial score (nSPS) is 10.7. The number of amides is 1. The van der Waals surface area contributed by atoms with E-state index in [4.69, 9.17) is 4.74 Å². The zero-order valence-corrected chi connectivity index (χ0v) is 13.3. The van der Waals surface area contributed by atoms with Gasteiger partial charge < -0.3 is 9.64 Å². The topological polar surface area (TPSA) is 29.5 Å². The second-order valence-electron chi connectivity index (χ2n) is 5.53. The first-order valence-corrected chi connectivity index (χ1v) is 7.54. The van der Waals surface area contributed by atoms with Crippen LogP contribution in [-0.2, 0) is 11.3 Å². The first-order chi connectivity index (χ1) is 11.2. The summed E-state index contributed by atoms with van der Waals surface area (Å²) in [6, 6.07) is 21.7. The average Bonchev–Trinajstić information content (AvgIpc) is 2.61. The van der Waals surface area contributed by atoms with Crippen molar-refractivity contribution in [1.82, 2.24) is 0 Å². The van der Waals surface area contributed by atoms with Crippen molar-refractivity contribution in [2.24, 2.45) is 0 Å². The Bertz CT molecular complexity index is 824. The van der Waals surface area contributed by atoms with Crippen LogP contribution in [0.15, 0.2) is 66.7 Å². The summed E-state index contributed by atoms with van der Waals surface area (Å²) in [6.45, 7) is 0.551. The molecule has 0 heterocycles. The lowest BCUT2D eigenvalue weighted by Gasteiger charge is -2.18. The number of benzene rings is 3. The van der Waals surface area contributed by atoms with E-state index < -0.39 is 0 Å². The summed E-state index contributed by atoms with van der Waals surface area (Å²) in [5, 5.41) is 2.29. The molecule has 0 saturated carbocycles. The average molecular weight is 305 g/mol. The van der Waals surface area contributed by atoms with E-state index in [1.165, 1.54) is 5.39 Å². The first kappa shape index (κ1) is 15.3. The van der Waals surface area contributed by atoms with E-state index in [0.717, 1.165) is 16.6 Å². The number of rotatable bonds is 4. The lowest BCUT2D eigenvalue weighted by Crippen LogP contribution is -2.26.